The Hall–Kier alpha value is -2.96. The van der Waals surface area contributed by atoms with Crippen molar-refractivity contribution in [2.75, 3.05) is 7.11 Å². The Morgan fingerprint density at radius 1 is 1.15 bits per heavy atom. The molecule has 0 atom stereocenters. The minimum atomic E-state index is -0.188. The molecular formula is C19H21N5O2. The molecule has 1 fully saturated rings. The summed E-state index contributed by atoms with van der Waals surface area (Å²) in [4.78, 5) is 25.4. The fourth-order valence-corrected chi connectivity index (χ4v) is 3.51. The first kappa shape index (κ1) is 16.5. The van der Waals surface area contributed by atoms with E-state index in [0.717, 1.165) is 42.3 Å². The Morgan fingerprint density at radius 2 is 1.92 bits per heavy atom. The van der Waals surface area contributed by atoms with Gasteiger partial charge in [-0.25, -0.2) is 19.3 Å². The van der Waals surface area contributed by atoms with E-state index >= 15 is 0 Å². The minimum absolute atomic E-state index is 0.188. The average Bonchev–Trinajstić information content (AvgIpc) is 3.07. The van der Waals surface area contributed by atoms with Crippen molar-refractivity contribution in [1.29, 1.82) is 0 Å². The molecule has 1 amide bonds. The molecule has 1 aliphatic rings. The highest BCUT2D eigenvalue weighted by Gasteiger charge is 2.22. The van der Waals surface area contributed by atoms with Gasteiger partial charge in [0.25, 0.3) is 0 Å². The molecule has 0 radical (unpaired) electrons. The molecule has 134 valence electrons. The van der Waals surface area contributed by atoms with Crippen LogP contribution in [0.1, 0.15) is 32.1 Å². The molecule has 1 aliphatic carbocycles. The molecule has 1 N–H and O–H groups in total. The van der Waals surface area contributed by atoms with Crippen molar-refractivity contribution in [3.8, 4) is 17.1 Å². The van der Waals surface area contributed by atoms with Crippen molar-refractivity contribution in [3.63, 3.8) is 0 Å². The zero-order valence-corrected chi connectivity index (χ0v) is 14.7. The topological polar surface area (TPSA) is 81.9 Å². The van der Waals surface area contributed by atoms with Gasteiger partial charge in [-0.2, -0.15) is 4.98 Å². The summed E-state index contributed by atoms with van der Waals surface area (Å²) in [6.45, 7) is 0. The number of carbonyl (C=O) groups is 1. The van der Waals surface area contributed by atoms with Gasteiger partial charge >= 0.3 is 12.0 Å². The van der Waals surface area contributed by atoms with E-state index in [9.17, 15) is 4.79 Å². The monoisotopic (exact) mass is 351 g/mol. The SMILES string of the molecule is COc1nc2cc(-c3cncnc3)ccc2n1C(=O)NC1CCCCC1. The van der Waals surface area contributed by atoms with Gasteiger partial charge in [-0.3, -0.25) is 0 Å². The number of rotatable bonds is 3. The standard InChI is InChI=1S/C19H21N5O2/c1-26-19-23-16-9-13(14-10-20-12-21-11-14)7-8-17(16)24(19)18(25)22-15-5-3-2-4-6-15/h7-12,15H,2-6H2,1H3,(H,22,25). The van der Waals surface area contributed by atoms with Crippen molar-refractivity contribution in [2.24, 2.45) is 0 Å². The molecule has 0 unspecified atom stereocenters. The Morgan fingerprint density at radius 3 is 2.65 bits per heavy atom. The predicted molar refractivity (Wildman–Crippen MR) is 98.1 cm³/mol. The summed E-state index contributed by atoms with van der Waals surface area (Å²) in [5.41, 5.74) is 3.26. The van der Waals surface area contributed by atoms with E-state index in [4.69, 9.17) is 4.74 Å². The molecule has 1 saturated carbocycles. The average molecular weight is 351 g/mol. The number of benzene rings is 1. The summed E-state index contributed by atoms with van der Waals surface area (Å²) in [6, 6.07) is 6.06. The summed E-state index contributed by atoms with van der Waals surface area (Å²) in [6.07, 6.45) is 10.6. The Balaban J connectivity index is 1.68. The van der Waals surface area contributed by atoms with Crippen LogP contribution in [0.15, 0.2) is 36.9 Å². The lowest BCUT2D eigenvalue weighted by atomic mass is 9.96. The van der Waals surface area contributed by atoms with E-state index in [1.165, 1.54) is 24.4 Å². The van der Waals surface area contributed by atoms with Crippen molar-refractivity contribution in [2.45, 2.75) is 38.1 Å². The molecular weight excluding hydrogens is 330 g/mol. The zero-order valence-electron chi connectivity index (χ0n) is 14.7. The molecule has 3 aromatic rings. The molecule has 4 rings (SSSR count). The maximum absolute atomic E-state index is 12.8. The first-order valence-corrected chi connectivity index (χ1v) is 8.89. The van der Waals surface area contributed by atoms with Gasteiger partial charge in [-0.1, -0.05) is 25.3 Å². The molecule has 2 heterocycles. The van der Waals surface area contributed by atoms with E-state index in [2.05, 4.69) is 20.3 Å². The fourth-order valence-electron chi connectivity index (χ4n) is 3.51. The second-order valence-electron chi connectivity index (χ2n) is 6.55. The number of ether oxygens (including phenoxy) is 1. The van der Waals surface area contributed by atoms with Crippen LogP contribution in [0.4, 0.5) is 4.79 Å². The Kier molecular flexibility index (Phi) is 4.51. The van der Waals surface area contributed by atoms with Gasteiger partial charge in [-0.05, 0) is 30.5 Å². The Bertz CT molecular complexity index is 916. The van der Waals surface area contributed by atoms with Crippen molar-refractivity contribution >= 4 is 17.1 Å². The van der Waals surface area contributed by atoms with Gasteiger partial charge in [0.2, 0.25) is 0 Å². The van der Waals surface area contributed by atoms with Crippen LogP contribution in [-0.4, -0.2) is 38.7 Å². The van der Waals surface area contributed by atoms with E-state index < -0.39 is 0 Å². The number of imidazole rings is 1. The van der Waals surface area contributed by atoms with Crippen molar-refractivity contribution in [3.05, 3.63) is 36.9 Å². The van der Waals surface area contributed by atoms with Gasteiger partial charge in [0, 0.05) is 24.0 Å². The number of methoxy groups -OCH3 is 1. The number of hydrogen-bond acceptors (Lipinski definition) is 5. The van der Waals surface area contributed by atoms with Gasteiger partial charge in [-0.15, -0.1) is 0 Å². The largest absolute Gasteiger partial charge is 0.468 e. The van der Waals surface area contributed by atoms with E-state index in [-0.39, 0.29) is 18.1 Å². The third-order valence-electron chi connectivity index (χ3n) is 4.84. The van der Waals surface area contributed by atoms with Gasteiger partial charge < -0.3 is 10.1 Å². The number of nitrogens with zero attached hydrogens (tertiary/aromatic N) is 4. The number of nitrogens with one attached hydrogen (secondary N) is 1. The molecule has 0 spiro atoms. The van der Waals surface area contributed by atoms with Crippen molar-refractivity contribution in [1.82, 2.24) is 24.8 Å². The molecule has 7 heteroatoms. The predicted octanol–water partition coefficient (Wildman–Crippen LogP) is 3.39. The summed E-state index contributed by atoms with van der Waals surface area (Å²) >= 11 is 0. The lowest BCUT2D eigenvalue weighted by molar-refractivity contribution is 0.231. The first-order valence-electron chi connectivity index (χ1n) is 8.89. The van der Waals surface area contributed by atoms with Crippen LogP contribution in [-0.2, 0) is 0 Å². The van der Waals surface area contributed by atoms with E-state index in [1.807, 2.05) is 18.2 Å². The van der Waals surface area contributed by atoms with Crippen LogP contribution in [0, 0.1) is 0 Å². The molecule has 0 aliphatic heterocycles. The highest BCUT2D eigenvalue weighted by Crippen LogP contribution is 2.27. The van der Waals surface area contributed by atoms with Crippen LogP contribution in [0.3, 0.4) is 0 Å². The van der Waals surface area contributed by atoms with Crippen LogP contribution >= 0.6 is 0 Å². The molecule has 7 nitrogen and oxygen atoms in total. The molecule has 1 aromatic carbocycles. The van der Waals surface area contributed by atoms with Crippen LogP contribution < -0.4 is 10.1 Å². The molecule has 0 saturated heterocycles. The van der Waals surface area contributed by atoms with Gasteiger partial charge in [0.1, 0.15) is 6.33 Å². The third-order valence-corrected chi connectivity index (χ3v) is 4.84. The number of carbonyl (C=O) groups excluding carboxylic acids is 1. The first-order chi connectivity index (χ1) is 12.8. The third kappa shape index (κ3) is 3.12. The minimum Gasteiger partial charge on any atom is -0.468 e. The van der Waals surface area contributed by atoms with E-state index in [0.29, 0.717) is 5.52 Å². The van der Waals surface area contributed by atoms with Crippen LogP contribution in [0.25, 0.3) is 22.2 Å². The van der Waals surface area contributed by atoms with Crippen LogP contribution in [0.5, 0.6) is 6.01 Å². The second-order valence-corrected chi connectivity index (χ2v) is 6.55. The summed E-state index contributed by atoms with van der Waals surface area (Å²) in [5.74, 6) is 0. The normalized spacial score (nSPS) is 15.1. The smallest absolute Gasteiger partial charge is 0.330 e. The van der Waals surface area contributed by atoms with E-state index in [1.54, 1.807) is 12.4 Å². The lowest BCUT2D eigenvalue weighted by Gasteiger charge is -2.23. The Labute approximate surface area is 151 Å². The van der Waals surface area contributed by atoms with Gasteiger partial charge in [0.05, 0.1) is 18.1 Å². The molecule has 2 aromatic heterocycles. The highest BCUT2D eigenvalue weighted by atomic mass is 16.5. The number of fused-ring (bicyclic) bond motifs is 1. The zero-order chi connectivity index (χ0) is 17.9. The maximum atomic E-state index is 12.8. The fraction of sp³-hybridized carbons (Fsp3) is 0.368. The number of aromatic nitrogens is 4. The summed E-state index contributed by atoms with van der Waals surface area (Å²) in [7, 11) is 1.53. The quantitative estimate of drug-likeness (QED) is 0.782. The molecule has 0 bridgehead atoms. The molecule has 26 heavy (non-hydrogen) atoms. The summed E-state index contributed by atoms with van der Waals surface area (Å²) in [5, 5.41) is 3.12. The van der Waals surface area contributed by atoms with Crippen LogP contribution in [0.2, 0.25) is 0 Å². The van der Waals surface area contributed by atoms with Gasteiger partial charge in [0.15, 0.2) is 0 Å². The second kappa shape index (κ2) is 7.11. The summed E-state index contributed by atoms with van der Waals surface area (Å²) < 4.78 is 6.86. The number of amides is 1. The lowest BCUT2D eigenvalue weighted by Crippen LogP contribution is -2.38. The maximum Gasteiger partial charge on any atom is 0.330 e. The highest BCUT2D eigenvalue weighted by molar-refractivity contribution is 5.93. The number of hydrogen-bond donors (Lipinski definition) is 1. The van der Waals surface area contributed by atoms with Crippen molar-refractivity contribution < 1.29 is 9.53 Å².